The molecule has 23 heavy (non-hydrogen) atoms. The maximum atomic E-state index is 2.59. The largest absolute Gasteiger partial charge is 0.147 e. The van der Waals surface area contributed by atoms with Gasteiger partial charge in [0.1, 0.15) is 0 Å². The van der Waals surface area contributed by atoms with Gasteiger partial charge in [0, 0.05) is 0 Å². The molecule has 0 aromatic heterocycles. The van der Waals surface area contributed by atoms with E-state index in [0.717, 1.165) is 0 Å². The Kier molecular flexibility index (Phi) is 8.45. The van der Waals surface area contributed by atoms with Gasteiger partial charge in [-0.1, -0.05) is 0 Å². The Labute approximate surface area is 162 Å². The van der Waals surface area contributed by atoms with E-state index in [-0.39, 0.29) is 24.8 Å². The first kappa shape index (κ1) is 21.3. The minimum atomic E-state index is -1.96. The van der Waals surface area contributed by atoms with E-state index >= 15 is 0 Å². The molecule has 0 radical (unpaired) electrons. The topological polar surface area (TPSA) is 0 Å². The summed E-state index contributed by atoms with van der Waals surface area (Å²) in [6, 6.07) is 0. The Morgan fingerprint density at radius 3 is 2.09 bits per heavy atom. The zero-order valence-corrected chi connectivity index (χ0v) is 20.1. The molecule has 0 saturated heterocycles. The first-order valence-electron chi connectivity index (χ1n) is 8.56. The smallest absolute Gasteiger partial charge is 0.147 e. The van der Waals surface area contributed by atoms with Crippen molar-refractivity contribution in [2.24, 2.45) is 5.92 Å². The van der Waals surface area contributed by atoms with Gasteiger partial charge in [0.05, 0.1) is 0 Å². The molecule has 0 heterocycles. The number of halogens is 2. The fourth-order valence-electron chi connectivity index (χ4n) is 4.10. The molecular formula is C20H30Cl2Hf. The number of allylic oxidation sites excluding steroid dienone is 8. The Hall–Kier alpha value is 0.280. The molecule has 3 aliphatic carbocycles. The van der Waals surface area contributed by atoms with Crippen molar-refractivity contribution in [1.82, 2.24) is 0 Å². The third-order valence-electron chi connectivity index (χ3n) is 5.44. The zero-order valence-electron chi connectivity index (χ0n) is 14.9. The van der Waals surface area contributed by atoms with E-state index in [1.165, 1.54) is 38.5 Å². The second-order valence-electron chi connectivity index (χ2n) is 7.09. The molecule has 0 amide bonds. The Morgan fingerprint density at radius 2 is 1.61 bits per heavy atom. The molecule has 0 aliphatic heterocycles. The van der Waals surface area contributed by atoms with Crippen molar-refractivity contribution in [3.8, 4) is 0 Å². The standard InChI is InChI=1S/2C7H9.C6H10.2ClH.Hf/c1-6-3-4-7(2)5-6;1-6-4-3-5-7(6)2;1-2-4-6-5-3-1;;;/h3-4,6H,1-2H3;4H,5H2,1-2H3;1-5H2;2*1H;. The second-order valence-corrected chi connectivity index (χ2v) is 16.6. The zero-order chi connectivity index (χ0) is 15.0. The van der Waals surface area contributed by atoms with Crippen LogP contribution >= 0.6 is 24.8 Å². The summed E-state index contributed by atoms with van der Waals surface area (Å²) in [5.41, 5.74) is 4.80. The van der Waals surface area contributed by atoms with Crippen LogP contribution in [0.3, 0.4) is 0 Å². The Morgan fingerprint density at radius 1 is 0.957 bits per heavy atom. The van der Waals surface area contributed by atoms with Crippen molar-refractivity contribution in [3.05, 3.63) is 41.6 Å². The fourth-order valence-corrected chi connectivity index (χ4v) is 18.0. The summed E-state index contributed by atoms with van der Waals surface area (Å²) in [6.45, 7) is 9.45. The van der Waals surface area contributed by atoms with Crippen LogP contribution in [0.25, 0.3) is 0 Å². The van der Waals surface area contributed by atoms with Gasteiger partial charge >= 0.3 is 138 Å². The van der Waals surface area contributed by atoms with Crippen LogP contribution in [0.5, 0.6) is 0 Å². The molecule has 0 aromatic carbocycles. The van der Waals surface area contributed by atoms with E-state index in [9.17, 15) is 0 Å². The van der Waals surface area contributed by atoms with Gasteiger partial charge in [-0.3, -0.25) is 0 Å². The molecule has 1 saturated carbocycles. The summed E-state index contributed by atoms with van der Waals surface area (Å²) < 4.78 is 5.83. The summed E-state index contributed by atoms with van der Waals surface area (Å²) in [6.07, 6.45) is 16.0. The van der Waals surface area contributed by atoms with Crippen molar-refractivity contribution in [2.75, 3.05) is 0 Å². The van der Waals surface area contributed by atoms with Crippen LogP contribution < -0.4 is 0 Å². The number of hydrogen-bond acceptors (Lipinski definition) is 0. The van der Waals surface area contributed by atoms with Gasteiger partial charge in [-0.05, 0) is 0 Å². The molecule has 1 unspecified atom stereocenters. The normalized spacial score (nSPS) is 23.7. The van der Waals surface area contributed by atoms with Crippen LogP contribution in [-0.4, -0.2) is 3.26 Å². The summed E-state index contributed by atoms with van der Waals surface area (Å²) in [4.78, 5) is 0. The van der Waals surface area contributed by atoms with Crippen LogP contribution in [0.4, 0.5) is 0 Å². The summed E-state index contributed by atoms with van der Waals surface area (Å²) in [5, 5.41) is 0. The SMILES string of the molecule is CC1=C(C)C[C]([Hf]([C]2=C(C)C=CC2C)=[C]2CCCCC2)=C1.Cl.Cl. The van der Waals surface area contributed by atoms with E-state index in [1.54, 1.807) is 16.7 Å². The minimum absolute atomic E-state index is 0. The maximum Gasteiger partial charge on any atom is -0.147 e. The van der Waals surface area contributed by atoms with Gasteiger partial charge in [0.2, 0.25) is 0 Å². The molecule has 0 nitrogen and oxygen atoms in total. The van der Waals surface area contributed by atoms with Crippen molar-refractivity contribution in [1.29, 1.82) is 0 Å². The third-order valence-corrected chi connectivity index (χ3v) is 18.2. The third kappa shape index (κ3) is 4.47. The average molecular weight is 520 g/mol. The molecule has 1 fully saturated rings. The summed E-state index contributed by atoms with van der Waals surface area (Å²) in [7, 11) is 0. The van der Waals surface area contributed by atoms with Crippen molar-refractivity contribution >= 4 is 28.1 Å². The molecule has 0 aromatic rings. The molecule has 1 atom stereocenters. The van der Waals surface area contributed by atoms with E-state index in [0.29, 0.717) is 5.92 Å². The van der Waals surface area contributed by atoms with Gasteiger partial charge < -0.3 is 0 Å². The van der Waals surface area contributed by atoms with Gasteiger partial charge in [-0.15, -0.1) is 24.8 Å². The fraction of sp³-hybridized carbons (Fsp3) is 0.550. The molecule has 3 rings (SSSR count). The van der Waals surface area contributed by atoms with Crippen LogP contribution in [0, 0.1) is 5.92 Å². The van der Waals surface area contributed by atoms with Crippen molar-refractivity contribution in [2.45, 2.75) is 66.2 Å². The van der Waals surface area contributed by atoms with Gasteiger partial charge in [0.25, 0.3) is 0 Å². The van der Waals surface area contributed by atoms with Crippen LogP contribution in [0.2, 0.25) is 0 Å². The summed E-state index contributed by atoms with van der Waals surface area (Å²) in [5.74, 6) is 0.712. The van der Waals surface area contributed by atoms with Gasteiger partial charge in [-0.25, -0.2) is 0 Å². The minimum Gasteiger partial charge on any atom is -0.147 e. The average Bonchev–Trinajstić information content (AvgIpc) is 2.97. The first-order chi connectivity index (χ1) is 10.1. The van der Waals surface area contributed by atoms with Crippen LogP contribution in [0.1, 0.15) is 66.2 Å². The second kappa shape index (κ2) is 9.11. The molecular weight excluding hydrogens is 490 g/mol. The van der Waals surface area contributed by atoms with Crippen LogP contribution in [0.15, 0.2) is 41.6 Å². The van der Waals surface area contributed by atoms with Gasteiger partial charge in [0.15, 0.2) is 0 Å². The van der Waals surface area contributed by atoms with Gasteiger partial charge in [-0.2, -0.15) is 0 Å². The maximum absolute atomic E-state index is 2.59. The monoisotopic (exact) mass is 520 g/mol. The van der Waals surface area contributed by atoms with Crippen molar-refractivity contribution in [3.63, 3.8) is 0 Å². The number of hydrogen-bond donors (Lipinski definition) is 0. The van der Waals surface area contributed by atoms with E-state index in [2.05, 4.69) is 45.9 Å². The molecule has 3 aliphatic rings. The predicted octanol–water partition coefficient (Wildman–Crippen LogP) is 6.69. The van der Waals surface area contributed by atoms with Crippen molar-refractivity contribution < 1.29 is 21.0 Å². The molecule has 128 valence electrons. The van der Waals surface area contributed by atoms with Crippen LogP contribution in [-0.2, 0) is 21.0 Å². The van der Waals surface area contributed by atoms with E-state index in [1.807, 2.05) is 9.91 Å². The van der Waals surface area contributed by atoms with E-state index < -0.39 is 21.0 Å². The molecule has 3 heteroatoms. The quantitative estimate of drug-likeness (QED) is 0.357. The molecule has 0 bridgehead atoms. The molecule has 0 N–H and O–H groups in total. The predicted molar refractivity (Wildman–Crippen MR) is 105 cm³/mol. The molecule has 0 spiro atoms. The number of rotatable bonds is 2. The Balaban J connectivity index is 0.00000132. The first-order valence-corrected chi connectivity index (χ1v) is 14.0. The summed E-state index contributed by atoms with van der Waals surface area (Å²) >= 11 is -1.96. The Bertz CT molecular complexity index is 610. The van der Waals surface area contributed by atoms with E-state index in [4.69, 9.17) is 0 Å².